The van der Waals surface area contributed by atoms with Crippen LogP contribution in [-0.4, -0.2) is 16.5 Å². The number of carbonyl (C=O) groups is 1. The molecule has 1 N–H and O–H groups in total. The number of ether oxygens (including phenoxy) is 1. The maximum Gasteiger partial charge on any atom is 0.158 e. The summed E-state index contributed by atoms with van der Waals surface area (Å²) >= 11 is 0. The van der Waals surface area contributed by atoms with Crippen molar-refractivity contribution in [3.63, 3.8) is 0 Å². The van der Waals surface area contributed by atoms with Gasteiger partial charge in [-0.2, -0.15) is 0 Å². The van der Waals surface area contributed by atoms with Crippen molar-refractivity contribution in [1.29, 1.82) is 0 Å². The lowest BCUT2D eigenvalue weighted by Gasteiger charge is -2.47. The molecule has 0 amide bonds. The number of hydrogen-bond donors (Lipinski definition) is 1. The van der Waals surface area contributed by atoms with Crippen molar-refractivity contribution in [3.8, 4) is 11.5 Å². The van der Waals surface area contributed by atoms with E-state index in [0.717, 1.165) is 35.3 Å². The van der Waals surface area contributed by atoms with E-state index in [0.29, 0.717) is 18.6 Å². The number of phenols is 1. The maximum atomic E-state index is 12.4. The fourth-order valence-electron chi connectivity index (χ4n) is 5.38. The fourth-order valence-corrected chi connectivity index (χ4v) is 5.38. The molecule has 1 aromatic rings. The van der Waals surface area contributed by atoms with Crippen molar-refractivity contribution in [1.82, 2.24) is 0 Å². The van der Waals surface area contributed by atoms with Crippen molar-refractivity contribution in [2.24, 2.45) is 5.92 Å². The van der Waals surface area contributed by atoms with E-state index in [1.807, 2.05) is 13.0 Å². The molecule has 0 spiro atoms. The van der Waals surface area contributed by atoms with Gasteiger partial charge in [0.15, 0.2) is 5.78 Å². The van der Waals surface area contributed by atoms with Gasteiger partial charge in [-0.15, -0.1) is 0 Å². The Morgan fingerprint density at radius 2 is 1.93 bits per heavy atom. The summed E-state index contributed by atoms with van der Waals surface area (Å²) < 4.78 is 6.50. The second kappa shape index (κ2) is 8.77. The van der Waals surface area contributed by atoms with Crippen LogP contribution in [0.3, 0.4) is 0 Å². The topological polar surface area (TPSA) is 46.5 Å². The lowest BCUT2D eigenvalue weighted by Crippen LogP contribution is -2.45. The standard InChI is InChI=1S/C27H40O3/c1-7-9-10-11-14-26(3,4)19-16-23(29)25-20-15-18(22(28)8-2)12-13-21(20)27(5,6)30-24(25)17-19/h12,16-17,20-21,29H,7-11,13-15H2,1-6H3/t20?,21-/m1/s1. The first kappa shape index (κ1) is 22.9. The van der Waals surface area contributed by atoms with Crippen molar-refractivity contribution in [3.05, 3.63) is 34.9 Å². The predicted octanol–water partition coefficient (Wildman–Crippen LogP) is 7.21. The molecule has 30 heavy (non-hydrogen) atoms. The second-order valence-electron chi connectivity index (χ2n) is 10.5. The highest BCUT2D eigenvalue weighted by atomic mass is 16.5. The highest BCUT2D eigenvalue weighted by molar-refractivity contribution is 5.95. The summed E-state index contributed by atoms with van der Waals surface area (Å²) in [5.41, 5.74) is 2.62. The number of carbonyl (C=O) groups excluding carboxylic acids is 1. The Morgan fingerprint density at radius 3 is 2.60 bits per heavy atom. The molecule has 1 aliphatic carbocycles. The van der Waals surface area contributed by atoms with E-state index in [2.05, 4.69) is 46.8 Å². The zero-order valence-electron chi connectivity index (χ0n) is 19.8. The maximum absolute atomic E-state index is 12.4. The molecule has 0 aromatic heterocycles. The van der Waals surface area contributed by atoms with Crippen LogP contribution in [0.4, 0.5) is 0 Å². The van der Waals surface area contributed by atoms with Crippen LogP contribution in [0.1, 0.15) is 110 Å². The van der Waals surface area contributed by atoms with E-state index >= 15 is 0 Å². The summed E-state index contributed by atoms with van der Waals surface area (Å²) in [5.74, 6) is 1.75. The Bertz CT molecular complexity index is 816. The average molecular weight is 413 g/mol. The molecule has 1 aliphatic heterocycles. The van der Waals surface area contributed by atoms with Crippen LogP contribution in [-0.2, 0) is 10.2 Å². The van der Waals surface area contributed by atoms with E-state index in [1.54, 1.807) is 0 Å². The average Bonchev–Trinajstić information content (AvgIpc) is 2.69. The molecule has 3 rings (SSSR count). The minimum atomic E-state index is -0.328. The summed E-state index contributed by atoms with van der Waals surface area (Å²) in [7, 11) is 0. The quantitative estimate of drug-likeness (QED) is 0.459. The van der Waals surface area contributed by atoms with Gasteiger partial charge in [0.1, 0.15) is 17.1 Å². The minimum absolute atomic E-state index is 0.0135. The highest BCUT2D eigenvalue weighted by Gasteiger charge is 2.46. The number of hydrogen-bond acceptors (Lipinski definition) is 3. The van der Waals surface area contributed by atoms with Gasteiger partial charge in [0.05, 0.1) is 0 Å². The van der Waals surface area contributed by atoms with Gasteiger partial charge < -0.3 is 9.84 Å². The number of unbranched alkanes of at least 4 members (excludes halogenated alkanes) is 3. The van der Waals surface area contributed by atoms with E-state index in [1.165, 1.54) is 25.7 Å². The molecular weight excluding hydrogens is 372 g/mol. The van der Waals surface area contributed by atoms with Crippen molar-refractivity contribution in [2.75, 3.05) is 0 Å². The summed E-state index contributed by atoms with van der Waals surface area (Å²) in [6.45, 7) is 13.0. The number of fused-ring (bicyclic) bond motifs is 3. The number of benzene rings is 1. The number of Topliss-reactive ketones (excluding diaryl/α,β-unsaturated/α-hetero) is 1. The van der Waals surface area contributed by atoms with Crippen LogP contribution in [0.25, 0.3) is 0 Å². The lowest BCUT2D eigenvalue weighted by molar-refractivity contribution is -0.115. The third kappa shape index (κ3) is 4.45. The van der Waals surface area contributed by atoms with Gasteiger partial charge in [0, 0.05) is 23.8 Å². The number of rotatable bonds is 8. The van der Waals surface area contributed by atoms with Crippen molar-refractivity contribution >= 4 is 5.78 Å². The Balaban J connectivity index is 1.94. The first-order valence-corrected chi connectivity index (χ1v) is 11.9. The van der Waals surface area contributed by atoms with Crippen LogP contribution in [0, 0.1) is 5.92 Å². The monoisotopic (exact) mass is 412 g/mol. The third-order valence-corrected chi connectivity index (χ3v) is 7.42. The molecule has 2 aliphatic rings. The van der Waals surface area contributed by atoms with Crippen molar-refractivity contribution in [2.45, 2.75) is 110 Å². The van der Waals surface area contributed by atoms with Gasteiger partial charge in [-0.05, 0) is 61.8 Å². The first-order valence-electron chi connectivity index (χ1n) is 11.9. The number of allylic oxidation sites excluding steroid dienone is 2. The SMILES string of the molecule is CCCCCCC(C)(C)c1cc(O)c2c(c1)OC(C)(C)[C@@H]1CC=C(C(=O)CC)CC21. The molecule has 0 fully saturated rings. The number of phenolic OH excluding ortho intramolecular Hbond substituents is 1. The van der Waals surface area contributed by atoms with Gasteiger partial charge in [-0.1, -0.05) is 59.5 Å². The molecule has 0 bridgehead atoms. The normalized spacial score (nSPS) is 22.5. The zero-order valence-corrected chi connectivity index (χ0v) is 19.8. The summed E-state index contributed by atoms with van der Waals surface area (Å²) in [5, 5.41) is 11.1. The van der Waals surface area contributed by atoms with E-state index < -0.39 is 0 Å². The Morgan fingerprint density at radius 1 is 1.20 bits per heavy atom. The molecule has 3 heteroatoms. The molecule has 0 saturated heterocycles. The van der Waals surface area contributed by atoms with Crippen molar-refractivity contribution < 1.29 is 14.6 Å². The molecule has 0 radical (unpaired) electrons. The summed E-state index contributed by atoms with van der Waals surface area (Å²) in [4.78, 5) is 12.4. The lowest BCUT2D eigenvalue weighted by atomic mass is 9.66. The van der Waals surface area contributed by atoms with Crippen LogP contribution in [0.5, 0.6) is 11.5 Å². The van der Waals surface area contributed by atoms with Gasteiger partial charge in [0.2, 0.25) is 0 Å². The summed E-state index contributed by atoms with van der Waals surface area (Å²) in [6.07, 6.45) is 10.2. The molecule has 3 nitrogen and oxygen atoms in total. The summed E-state index contributed by atoms with van der Waals surface area (Å²) in [6, 6.07) is 4.11. The molecule has 1 unspecified atom stereocenters. The van der Waals surface area contributed by atoms with Crippen LogP contribution < -0.4 is 4.74 Å². The predicted molar refractivity (Wildman–Crippen MR) is 123 cm³/mol. The molecule has 0 saturated carbocycles. The second-order valence-corrected chi connectivity index (χ2v) is 10.5. The molecule has 1 aromatic carbocycles. The molecule has 166 valence electrons. The Labute approximate surface area is 182 Å². The molecular formula is C27H40O3. The zero-order chi connectivity index (χ0) is 22.1. The Kier molecular flexibility index (Phi) is 6.69. The van der Waals surface area contributed by atoms with E-state index in [9.17, 15) is 9.90 Å². The van der Waals surface area contributed by atoms with E-state index in [4.69, 9.17) is 4.74 Å². The molecule has 2 atom stereocenters. The highest BCUT2D eigenvalue weighted by Crippen LogP contribution is 2.55. The van der Waals surface area contributed by atoms with Crippen LogP contribution in [0.2, 0.25) is 0 Å². The number of aromatic hydroxyl groups is 1. The minimum Gasteiger partial charge on any atom is -0.508 e. The van der Waals surface area contributed by atoms with Crippen LogP contribution >= 0.6 is 0 Å². The largest absolute Gasteiger partial charge is 0.508 e. The van der Waals surface area contributed by atoms with E-state index in [-0.39, 0.29) is 28.6 Å². The fraction of sp³-hybridized carbons (Fsp3) is 0.667. The smallest absolute Gasteiger partial charge is 0.158 e. The van der Waals surface area contributed by atoms with Gasteiger partial charge >= 0.3 is 0 Å². The van der Waals surface area contributed by atoms with Gasteiger partial charge in [-0.3, -0.25) is 4.79 Å². The van der Waals surface area contributed by atoms with Gasteiger partial charge in [0.25, 0.3) is 0 Å². The first-order chi connectivity index (χ1) is 14.1. The Hall–Kier alpha value is -1.77. The number of ketones is 1. The van der Waals surface area contributed by atoms with Gasteiger partial charge in [-0.25, -0.2) is 0 Å². The molecule has 1 heterocycles. The third-order valence-electron chi connectivity index (χ3n) is 7.42. The van der Waals surface area contributed by atoms with Crippen LogP contribution in [0.15, 0.2) is 23.8 Å².